The fourth-order valence-corrected chi connectivity index (χ4v) is 8.21. The number of hydrogen-bond acceptors (Lipinski definition) is 0. The van der Waals surface area contributed by atoms with Gasteiger partial charge in [-0.1, -0.05) is 121 Å². The van der Waals surface area contributed by atoms with Crippen LogP contribution in [-0.4, -0.2) is 9.13 Å². The van der Waals surface area contributed by atoms with Gasteiger partial charge >= 0.3 is 0 Å². The summed E-state index contributed by atoms with van der Waals surface area (Å²) in [5.41, 5.74) is 17.2. The van der Waals surface area contributed by atoms with Gasteiger partial charge in [-0.25, -0.2) is 0 Å². The second kappa shape index (κ2) is 12.0. The predicted octanol–water partition coefficient (Wildman–Crippen LogP) is 13.5. The zero-order chi connectivity index (χ0) is 34.8. The highest BCUT2D eigenvalue weighted by molar-refractivity contribution is 6.12. The first kappa shape index (κ1) is 30.2. The van der Waals surface area contributed by atoms with Crippen LogP contribution in [0.5, 0.6) is 0 Å². The standard InChI is InChI=1S/C50H36N2/c1-33-12-6-7-15-41(33)44-32-40(25-20-34(44)2)52-48-19-11-9-17-43(48)46-31-38(24-29-50(46)52)37-23-28-49-45(30-37)42-16-8-10-18-47(42)51(49)39-26-21-36(22-27-39)35-13-4-3-5-14-35/h3-32H,1-2H3. The first-order valence-electron chi connectivity index (χ1n) is 18.0. The van der Waals surface area contributed by atoms with Crippen LogP contribution in [-0.2, 0) is 0 Å². The van der Waals surface area contributed by atoms with Crippen LogP contribution in [0.4, 0.5) is 0 Å². The lowest BCUT2D eigenvalue weighted by molar-refractivity contribution is 1.17. The molecule has 2 heteroatoms. The molecule has 0 radical (unpaired) electrons. The second-order valence-corrected chi connectivity index (χ2v) is 13.9. The summed E-state index contributed by atoms with van der Waals surface area (Å²) in [7, 11) is 0. The number of rotatable bonds is 5. The minimum atomic E-state index is 1.16. The van der Waals surface area contributed by atoms with E-state index in [1.54, 1.807) is 0 Å². The number of hydrogen-bond donors (Lipinski definition) is 0. The molecule has 0 fully saturated rings. The Morgan fingerprint density at radius 3 is 1.38 bits per heavy atom. The van der Waals surface area contributed by atoms with Crippen LogP contribution in [0.15, 0.2) is 182 Å². The first-order chi connectivity index (χ1) is 25.6. The van der Waals surface area contributed by atoms with Crippen molar-refractivity contribution in [1.29, 1.82) is 0 Å². The second-order valence-electron chi connectivity index (χ2n) is 13.9. The number of para-hydroxylation sites is 2. The van der Waals surface area contributed by atoms with Gasteiger partial charge in [0.05, 0.1) is 22.1 Å². The lowest BCUT2D eigenvalue weighted by Crippen LogP contribution is -1.96. The third-order valence-electron chi connectivity index (χ3n) is 10.8. The third kappa shape index (κ3) is 4.80. The molecule has 246 valence electrons. The van der Waals surface area contributed by atoms with E-state index in [9.17, 15) is 0 Å². The Balaban J connectivity index is 1.10. The Hall–Kier alpha value is -6.64. The smallest absolute Gasteiger partial charge is 0.0541 e. The van der Waals surface area contributed by atoms with Gasteiger partial charge in [-0.05, 0) is 119 Å². The summed E-state index contributed by atoms with van der Waals surface area (Å²) in [4.78, 5) is 0. The zero-order valence-electron chi connectivity index (χ0n) is 29.2. The van der Waals surface area contributed by atoms with Crippen LogP contribution in [0.2, 0.25) is 0 Å². The predicted molar refractivity (Wildman–Crippen MR) is 221 cm³/mol. The lowest BCUT2D eigenvalue weighted by atomic mass is 9.96. The molecule has 0 spiro atoms. The van der Waals surface area contributed by atoms with Crippen molar-refractivity contribution in [3.8, 4) is 44.8 Å². The van der Waals surface area contributed by atoms with Crippen LogP contribution in [0.1, 0.15) is 11.1 Å². The highest BCUT2D eigenvalue weighted by Gasteiger charge is 2.17. The molecular formula is C50H36N2. The molecule has 0 N–H and O–H groups in total. The zero-order valence-corrected chi connectivity index (χ0v) is 29.2. The molecule has 2 nitrogen and oxygen atoms in total. The molecule has 0 bridgehead atoms. The minimum absolute atomic E-state index is 1.16. The van der Waals surface area contributed by atoms with Crippen LogP contribution < -0.4 is 0 Å². The summed E-state index contributed by atoms with van der Waals surface area (Å²) in [5.74, 6) is 0. The summed E-state index contributed by atoms with van der Waals surface area (Å²) < 4.78 is 4.82. The molecule has 0 aliphatic heterocycles. The normalized spacial score (nSPS) is 11.7. The maximum atomic E-state index is 2.43. The van der Waals surface area contributed by atoms with Crippen molar-refractivity contribution in [3.63, 3.8) is 0 Å². The van der Waals surface area contributed by atoms with Gasteiger partial charge in [0.2, 0.25) is 0 Å². The SMILES string of the molecule is Cc1ccccc1-c1cc(-n2c3ccccc3c3cc(-c4ccc5c(c4)c4ccccc4n5-c4ccc(-c5ccccc5)cc4)ccc32)ccc1C. The van der Waals surface area contributed by atoms with Gasteiger partial charge in [-0.2, -0.15) is 0 Å². The van der Waals surface area contributed by atoms with E-state index in [1.165, 1.54) is 93.8 Å². The Labute approximate surface area is 303 Å². The van der Waals surface area contributed by atoms with Gasteiger partial charge in [0.25, 0.3) is 0 Å². The maximum absolute atomic E-state index is 2.43. The fourth-order valence-electron chi connectivity index (χ4n) is 8.21. The monoisotopic (exact) mass is 664 g/mol. The third-order valence-corrected chi connectivity index (χ3v) is 10.8. The summed E-state index contributed by atoms with van der Waals surface area (Å²) in [5, 5.41) is 5.03. The van der Waals surface area contributed by atoms with Crippen molar-refractivity contribution < 1.29 is 0 Å². The van der Waals surface area contributed by atoms with Crippen molar-refractivity contribution >= 4 is 43.6 Å². The van der Waals surface area contributed by atoms with E-state index in [2.05, 4.69) is 205 Å². The largest absolute Gasteiger partial charge is 0.309 e. The van der Waals surface area contributed by atoms with E-state index in [0.717, 1.165) is 5.69 Å². The van der Waals surface area contributed by atoms with E-state index in [0.29, 0.717) is 0 Å². The summed E-state index contributed by atoms with van der Waals surface area (Å²) in [6, 6.07) is 66.6. The van der Waals surface area contributed by atoms with Crippen molar-refractivity contribution in [2.75, 3.05) is 0 Å². The van der Waals surface area contributed by atoms with E-state index in [-0.39, 0.29) is 0 Å². The average Bonchev–Trinajstić information content (AvgIpc) is 3.71. The Morgan fingerprint density at radius 2 is 0.750 bits per heavy atom. The molecule has 52 heavy (non-hydrogen) atoms. The fraction of sp³-hybridized carbons (Fsp3) is 0.0400. The number of fused-ring (bicyclic) bond motifs is 6. The van der Waals surface area contributed by atoms with Crippen molar-refractivity contribution in [3.05, 3.63) is 193 Å². The number of aromatic nitrogens is 2. The lowest BCUT2D eigenvalue weighted by Gasteiger charge is -2.14. The van der Waals surface area contributed by atoms with E-state index >= 15 is 0 Å². The first-order valence-corrected chi connectivity index (χ1v) is 18.0. The quantitative estimate of drug-likeness (QED) is 0.173. The topological polar surface area (TPSA) is 9.86 Å². The van der Waals surface area contributed by atoms with Gasteiger partial charge < -0.3 is 9.13 Å². The Kier molecular flexibility index (Phi) is 6.97. The van der Waals surface area contributed by atoms with Gasteiger partial charge in [0.1, 0.15) is 0 Å². The van der Waals surface area contributed by atoms with Crippen LogP contribution in [0.3, 0.4) is 0 Å². The number of aryl methyl sites for hydroxylation is 2. The molecule has 0 saturated carbocycles. The van der Waals surface area contributed by atoms with E-state index in [4.69, 9.17) is 0 Å². The molecule has 2 aromatic heterocycles. The van der Waals surface area contributed by atoms with Crippen molar-refractivity contribution in [1.82, 2.24) is 9.13 Å². The van der Waals surface area contributed by atoms with E-state index in [1.807, 2.05) is 0 Å². The molecule has 0 amide bonds. The minimum Gasteiger partial charge on any atom is -0.309 e. The maximum Gasteiger partial charge on any atom is 0.0541 e. The molecule has 10 aromatic rings. The van der Waals surface area contributed by atoms with Crippen molar-refractivity contribution in [2.45, 2.75) is 13.8 Å². The van der Waals surface area contributed by atoms with Gasteiger partial charge in [0.15, 0.2) is 0 Å². The van der Waals surface area contributed by atoms with Gasteiger partial charge in [0, 0.05) is 32.9 Å². The highest BCUT2D eigenvalue weighted by Crippen LogP contribution is 2.39. The summed E-state index contributed by atoms with van der Waals surface area (Å²) in [6.45, 7) is 4.40. The molecule has 2 heterocycles. The van der Waals surface area contributed by atoms with E-state index < -0.39 is 0 Å². The molecule has 8 aromatic carbocycles. The van der Waals surface area contributed by atoms with Crippen LogP contribution in [0.25, 0.3) is 88.4 Å². The average molecular weight is 665 g/mol. The molecule has 0 aliphatic carbocycles. The van der Waals surface area contributed by atoms with Gasteiger partial charge in [-0.15, -0.1) is 0 Å². The molecule has 10 rings (SSSR count). The number of benzene rings is 8. The Morgan fingerprint density at radius 1 is 0.288 bits per heavy atom. The van der Waals surface area contributed by atoms with Crippen molar-refractivity contribution in [2.24, 2.45) is 0 Å². The summed E-state index contributed by atoms with van der Waals surface area (Å²) >= 11 is 0. The molecule has 0 saturated heterocycles. The molecule has 0 unspecified atom stereocenters. The number of nitrogens with zero attached hydrogens (tertiary/aromatic N) is 2. The van der Waals surface area contributed by atoms with Crippen LogP contribution >= 0.6 is 0 Å². The highest BCUT2D eigenvalue weighted by atomic mass is 15.0. The van der Waals surface area contributed by atoms with Crippen LogP contribution in [0, 0.1) is 13.8 Å². The molecule has 0 atom stereocenters. The molecular weight excluding hydrogens is 629 g/mol. The molecule has 0 aliphatic rings. The Bertz CT molecular complexity index is 2960. The van der Waals surface area contributed by atoms with Gasteiger partial charge in [-0.3, -0.25) is 0 Å². The summed E-state index contributed by atoms with van der Waals surface area (Å²) in [6.07, 6.45) is 0.